The van der Waals surface area contributed by atoms with Crippen molar-refractivity contribution in [3.63, 3.8) is 0 Å². The maximum atomic E-state index is 11.7. The number of rotatable bonds is 1. The fraction of sp³-hybridized carbons (Fsp3) is 0.600. The maximum Gasteiger partial charge on any atom is 0.323 e. The largest absolute Gasteiger partial charge is 0.325 e. The molecule has 1 saturated heterocycles. The fourth-order valence-electron chi connectivity index (χ4n) is 1.77. The predicted octanol–water partition coefficient (Wildman–Crippen LogP) is 1.74. The molecule has 0 aliphatic carbocycles. The van der Waals surface area contributed by atoms with Crippen LogP contribution in [-0.2, 0) is 0 Å². The molecule has 5 nitrogen and oxygen atoms in total. The summed E-state index contributed by atoms with van der Waals surface area (Å²) in [5, 5.41) is 9.54. The van der Waals surface area contributed by atoms with Gasteiger partial charge in [-0.2, -0.15) is 5.10 Å². The van der Waals surface area contributed by atoms with Gasteiger partial charge in [-0.25, -0.2) is 4.79 Å². The predicted molar refractivity (Wildman–Crippen MR) is 57.8 cm³/mol. The van der Waals surface area contributed by atoms with Gasteiger partial charge in [-0.15, -0.1) is 0 Å². The van der Waals surface area contributed by atoms with Crippen molar-refractivity contribution in [3.8, 4) is 0 Å². The molecule has 1 aliphatic rings. The lowest BCUT2D eigenvalue weighted by atomic mass is 10.1. The molecule has 1 aliphatic heterocycles. The summed E-state index contributed by atoms with van der Waals surface area (Å²) in [6.07, 6.45) is 3.44. The Balaban J connectivity index is 1.91. The smallest absolute Gasteiger partial charge is 0.323 e. The first-order valence-electron chi connectivity index (χ1n) is 5.33. The van der Waals surface area contributed by atoms with E-state index >= 15 is 0 Å². The molecule has 2 N–H and O–H groups in total. The van der Waals surface area contributed by atoms with E-state index in [0.717, 1.165) is 31.6 Å². The molecular weight excluding hydrogens is 192 g/mol. The third-order valence-corrected chi connectivity index (χ3v) is 2.58. The Morgan fingerprint density at radius 1 is 1.47 bits per heavy atom. The molecule has 2 rings (SSSR count). The van der Waals surface area contributed by atoms with E-state index in [1.807, 2.05) is 17.9 Å². The van der Waals surface area contributed by atoms with E-state index in [0.29, 0.717) is 5.82 Å². The van der Waals surface area contributed by atoms with E-state index in [1.54, 1.807) is 0 Å². The van der Waals surface area contributed by atoms with Crippen LogP contribution in [0.25, 0.3) is 0 Å². The molecule has 15 heavy (non-hydrogen) atoms. The summed E-state index contributed by atoms with van der Waals surface area (Å²) in [4.78, 5) is 13.6. The van der Waals surface area contributed by atoms with Gasteiger partial charge >= 0.3 is 6.03 Å². The van der Waals surface area contributed by atoms with E-state index in [-0.39, 0.29) is 6.03 Å². The van der Waals surface area contributed by atoms with Gasteiger partial charge in [0.1, 0.15) is 0 Å². The Bertz CT molecular complexity index is 341. The highest BCUT2D eigenvalue weighted by Crippen LogP contribution is 2.11. The average Bonchev–Trinajstić information content (AvgIpc) is 2.65. The number of carbonyl (C=O) groups is 1. The van der Waals surface area contributed by atoms with E-state index in [2.05, 4.69) is 15.5 Å². The molecule has 0 aromatic carbocycles. The summed E-state index contributed by atoms with van der Waals surface area (Å²) in [6.45, 7) is 3.62. The van der Waals surface area contributed by atoms with E-state index < -0.39 is 0 Å². The maximum absolute atomic E-state index is 11.7. The Labute approximate surface area is 88.8 Å². The average molecular weight is 208 g/mol. The lowest BCUT2D eigenvalue weighted by Gasteiger charge is -2.26. The molecule has 0 atom stereocenters. The second kappa shape index (κ2) is 4.33. The van der Waals surface area contributed by atoms with Gasteiger partial charge in [0.15, 0.2) is 5.82 Å². The topological polar surface area (TPSA) is 61.0 Å². The van der Waals surface area contributed by atoms with Crippen molar-refractivity contribution in [3.05, 3.63) is 11.8 Å². The van der Waals surface area contributed by atoms with Crippen molar-refractivity contribution < 1.29 is 4.79 Å². The number of hydrogen-bond acceptors (Lipinski definition) is 2. The van der Waals surface area contributed by atoms with Crippen LogP contribution in [0.5, 0.6) is 0 Å². The number of hydrogen-bond donors (Lipinski definition) is 2. The Kier molecular flexibility index (Phi) is 2.89. The number of piperidine rings is 1. The second-order valence-corrected chi connectivity index (χ2v) is 3.91. The van der Waals surface area contributed by atoms with Crippen LogP contribution in [0.2, 0.25) is 0 Å². The molecule has 2 heterocycles. The lowest BCUT2D eigenvalue weighted by molar-refractivity contribution is 0.200. The van der Waals surface area contributed by atoms with Crippen molar-refractivity contribution >= 4 is 11.8 Å². The van der Waals surface area contributed by atoms with Gasteiger partial charge in [0, 0.05) is 24.8 Å². The lowest BCUT2D eigenvalue weighted by Crippen LogP contribution is -2.38. The first kappa shape index (κ1) is 10.0. The SMILES string of the molecule is Cc1cc(NC(=O)N2CCCCC2)n[nH]1. The van der Waals surface area contributed by atoms with Gasteiger partial charge in [-0.3, -0.25) is 10.4 Å². The zero-order chi connectivity index (χ0) is 10.7. The van der Waals surface area contributed by atoms with Gasteiger partial charge in [0.2, 0.25) is 0 Å². The van der Waals surface area contributed by atoms with Crippen LogP contribution in [0.4, 0.5) is 10.6 Å². The molecule has 0 spiro atoms. The molecule has 0 bridgehead atoms. The van der Waals surface area contributed by atoms with Crippen LogP contribution in [-0.4, -0.2) is 34.2 Å². The Hall–Kier alpha value is -1.52. The summed E-state index contributed by atoms with van der Waals surface area (Å²) < 4.78 is 0. The Morgan fingerprint density at radius 2 is 2.20 bits per heavy atom. The highest BCUT2D eigenvalue weighted by atomic mass is 16.2. The Morgan fingerprint density at radius 3 is 2.80 bits per heavy atom. The number of aromatic nitrogens is 2. The van der Waals surface area contributed by atoms with Gasteiger partial charge in [0.25, 0.3) is 0 Å². The van der Waals surface area contributed by atoms with Crippen molar-refractivity contribution in [1.29, 1.82) is 0 Å². The fourth-order valence-corrected chi connectivity index (χ4v) is 1.77. The first-order valence-corrected chi connectivity index (χ1v) is 5.33. The van der Waals surface area contributed by atoms with E-state index in [9.17, 15) is 4.79 Å². The van der Waals surface area contributed by atoms with Gasteiger partial charge in [-0.1, -0.05) is 0 Å². The van der Waals surface area contributed by atoms with Crippen LogP contribution in [0.3, 0.4) is 0 Å². The van der Waals surface area contributed by atoms with E-state index in [4.69, 9.17) is 0 Å². The van der Waals surface area contributed by atoms with Crippen LogP contribution in [0.15, 0.2) is 6.07 Å². The van der Waals surface area contributed by atoms with Crippen LogP contribution < -0.4 is 5.32 Å². The highest BCUT2D eigenvalue weighted by molar-refractivity contribution is 5.88. The highest BCUT2D eigenvalue weighted by Gasteiger charge is 2.16. The number of H-pyrrole nitrogens is 1. The third-order valence-electron chi connectivity index (χ3n) is 2.58. The number of nitrogens with one attached hydrogen (secondary N) is 2. The number of likely N-dealkylation sites (tertiary alicyclic amines) is 1. The zero-order valence-corrected chi connectivity index (χ0v) is 8.92. The number of aromatic amines is 1. The standard InChI is InChI=1S/C10H16N4O/c1-8-7-9(13-12-8)11-10(15)14-5-3-2-4-6-14/h7H,2-6H2,1H3,(H2,11,12,13,15). The zero-order valence-electron chi connectivity index (χ0n) is 8.92. The summed E-state index contributed by atoms with van der Waals surface area (Å²) in [5.41, 5.74) is 0.948. The molecule has 0 radical (unpaired) electrons. The number of urea groups is 1. The van der Waals surface area contributed by atoms with Crippen molar-refractivity contribution in [2.45, 2.75) is 26.2 Å². The first-order chi connectivity index (χ1) is 7.25. The van der Waals surface area contributed by atoms with E-state index in [1.165, 1.54) is 6.42 Å². The minimum absolute atomic E-state index is 0.0406. The third kappa shape index (κ3) is 2.49. The number of anilines is 1. The van der Waals surface area contributed by atoms with Crippen LogP contribution in [0.1, 0.15) is 25.0 Å². The summed E-state index contributed by atoms with van der Waals surface area (Å²) in [6, 6.07) is 1.78. The van der Waals surface area contributed by atoms with Gasteiger partial charge in [0.05, 0.1) is 0 Å². The quantitative estimate of drug-likeness (QED) is 0.738. The molecule has 2 amide bonds. The van der Waals surface area contributed by atoms with Gasteiger partial charge < -0.3 is 4.90 Å². The normalized spacial score (nSPS) is 16.5. The van der Waals surface area contributed by atoms with Crippen molar-refractivity contribution in [2.24, 2.45) is 0 Å². The number of carbonyl (C=O) groups excluding carboxylic acids is 1. The van der Waals surface area contributed by atoms with Crippen LogP contribution >= 0.6 is 0 Å². The van der Waals surface area contributed by atoms with Crippen LogP contribution in [0, 0.1) is 6.92 Å². The summed E-state index contributed by atoms with van der Waals surface area (Å²) in [7, 11) is 0. The molecule has 5 heteroatoms. The molecule has 1 aromatic rings. The minimum Gasteiger partial charge on any atom is -0.325 e. The van der Waals surface area contributed by atoms with Gasteiger partial charge in [-0.05, 0) is 26.2 Å². The summed E-state index contributed by atoms with van der Waals surface area (Å²) >= 11 is 0. The van der Waals surface area contributed by atoms with Crippen molar-refractivity contribution in [1.82, 2.24) is 15.1 Å². The molecule has 1 aromatic heterocycles. The monoisotopic (exact) mass is 208 g/mol. The molecule has 0 unspecified atom stereocenters. The summed E-state index contributed by atoms with van der Waals surface area (Å²) in [5.74, 6) is 0.600. The number of amides is 2. The molecule has 82 valence electrons. The second-order valence-electron chi connectivity index (χ2n) is 3.91. The molecular formula is C10H16N4O. The van der Waals surface area contributed by atoms with Crippen molar-refractivity contribution in [2.75, 3.05) is 18.4 Å². The number of aryl methyl sites for hydroxylation is 1. The minimum atomic E-state index is -0.0406. The molecule has 0 saturated carbocycles. The number of nitrogens with zero attached hydrogens (tertiary/aromatic N) is 2. The molecule has 1 fully saturated rings.